The number of aryl methyl sites for hydroxylation is 1. The van der Waals surface area contributed by atoms with Crippen molar-refractivity contribution in [3.8, 4) is 0 Å². The standard InChI is InChI=1S/C40H61N6O11P/c1-26(2)19-33(44-40(53)35-16-12-17-46(35)28(4)48)36(49)21-30(20-31-23-42-25-43-31)39(52)45-34(24-47)37(50)22-32(38(41)51)27(3)57-58(54,55)56-18-11-6-5-8-13-29-14-9-7-10-15-29/h7,9-10,14-15,23,25-27,30,32-35,47H,5-6,8,11-13,16-22,24H2,1-4H3,(H2,41,51)(H,42,43)(H,44,53)(H,45,52)(H,54,55)/t27-,30-,32+,33+,34+,35+/m1/s1. The van der Waals surface area contributed by atoms with Crippen LogP contribution in [0, 0.1) is 17.8 Å². The molecule has 7 N–H and O–H groups in total. The van der Waals surface area contributed by atoms with Crippen LogP contribution in [0.3, 0.4) is 0 Å². The minimum absolute atomic E-state index is 0.0126. The van der Waals surface area contributed by atoms with Crippen molar-refractivity contribution in [2.45, 2.75) is 123 Å². The van der Waals surface area contributed by atoms with E-state index in [1.165, 1.54) is 36.8 Å². The van der Waals surface area contributed by atoms with Crippen LogP contribution in [0.5, 0.6) is 0 Å². The molecular formula is C40H61N6O11P. The van der Waals surface area contributed by atoms with Gasteiger partial charge < -0.3 is 36.3 Å². The van der Waals surface area contributed by atoms with Crippen LogP contribution < -0.4 is 16.4 Å². The van der Waals surface area contributed by atoms with Crippen LogP contribution in [0.25, 0.3) is 0 Å². The lowest BCUT2D eigenvalue weighted by Crippen LogP contribution is -2.52. The number of nitrogens with zero attached hydrogens (tertiary/aromatic N) is 2. The fourth-order valence-electron chi connectivity index (χ4n) is 7.03. The highest BCUT2D eigenvalue weighted by Gasteiger charge is 2.38. The van der Waals surface area contributed by atoms with E-state index in [0.29, 0.717) is 31.5 Å². The highest BCUT2D eigenvalue weighted by Crippen LogP contribution is 2.46. The van der Waals surface area contributed by atoms with E-state index in [0.717, 1.165) is 25.7 Å². The predicted octanol–water partition coefficient (Wildman–Crippen LogP) is 2.93. The van der Waals surface area contributed by atoms with Gasteiger partial charge in [-0.2, -0.15) is 0 Å². The van der Waals surface area contributed by atoms with Crippen LogP contribution in [0.4, 0.5) is 0 Å². The molecule has 0 radical (unpaired) electrons. The summed E-state index contributed by atoms with van der Waals surface area (Å²) in [4.78, 5) is 97.5. The Labute approximate surface area is 340 Å². The molecule has 1 fully saturated rings. The Kier molecular flexibility index (Phi) is 19.9. The van der Waals surface area contributed by atoms with E-state index in [1.54, 1.807) is 0 Å². The number of hydrogen-bond acceptors (Lipinski definition) is 11. The summed E-state index contributed by atoms with van der Waals surface area (Å²) in [6.45, 7) is 5.92. The van der Waals surface area contributed by atoms with Gasteiger partial charge in [0.05, 0.1) is 43.5 Å². The number of rotatable bonds is 27. The Balaban J connectivity index is 1.60. The average molecular weight is 833 g/mol. The molecule has 1 unspecified atom stereocenters. The lowest BCUT2D eigenvalue weighted by atomic mass is 9.89. The van der Waals surface area contributed by atoms with Gasteiger partial charge in [-0.15, -0.1) is 0 Å². The van der Waals surface area contributed by atoms with E-state index in [4.69, 9.17) is 14.8 Å². The van der Waals surface area contributed by atoms with Gasteiger partial charge >= 0.3 is 7.82 Å². The third-order valence-corrected chi connectivity index (χ3v) is 11.3. The number of primary amides is 1. The molecule has 1 saturated heterocycles. The molecule has 17 nitrogen and oxygen atoms in total. The minimum Gasteiger partial charge on any atom is -0.394 e. The number of imidazole rings is 1. The number of likely N-dealkylation sites (tertiary alicyclic amines) is 1. The molecule has 3 rings (SSSR count). The molecule has 2 heterocycles. The zero-order valence-corrected chi connectivity index (χ0v) is 34.9. The number of aromatic amines is 1. The number of phosphoric acid groups is 1. The van der Waals surface area contributed by atoms with E-state index in [1.807, 2.05) is 32.0 Å². The number of benzene rings is 1. The Hall–Kier alpha value is -4.28. The molecule has 7 atom stereocenters. The number of aliphatic hydroxyl groups excluding tert-OH is 1. The number of unbranched alkanes of at least 4 members (excludes halogenated alkanes) is 3. The molecule has 58 heavy (non-hydrogen) atoms. The topological polar surface area (TPSA) is 260 Å². The number of nitrogens with one attached hydrogen (secondary N) is 3. The molecule has 1 aromatic carbocycles. The number of aromatic nitrogens is 2. The van der Waals surface area contributed by atoms with Crippen LogP contribution in [-0.2, 0) is 55.2 Å². The number of carbonyl (C=O) groups excluding carboxylic acids is 6. The fourth-order valence-corrected chi connectivity index (χ4v) is 8.02. The number of hydrogen-bond donors (Lipinski definition) is 6. The highest BCUT2D eigenvalue weighted by molar-refractivity contribution is 7.47. The summed E-state index contributed by atoms with van der Waals surface area (Å²) in [5.74, 6) is -6.28. The van der Waals surface area contributed by atoms with Gasteiger partial charge in [0, 0.05) is 44.6 Å². The van der Waals surface area contributed by atoms with Crippen molar-refractivity contribution in [1.29, 1.82) is 0 Å². The van der Waals surface area contributed by atoms with Gasteiger partial charge in [-0.05, 0) is 56.9 Å². The summed E-state index contributed by atoms with van der Waals surface area (Å²) < 4.78 is 23.0. The van der Waals surface area contributed by atoms with E-state index in [2.05, 4.69) is 32.7 Å². The van der Waals surface area contributed by atoms with E-state index in [-0.39, 0.29) is 37.7 Å². The Morgan fingerprint density at radius 2 is 1.69 bits per heavy atom. The van der Waals surface area contributed by atoms with Crippen molar-refractivity contribution in [1.82, 2.24) is 25.5 Å². The quantitative estimate of drug-likeness (QED) is 0.0561. The smallest absolute Gasteiger partial charge is 0.394 e. The van der Waals surface area contributed by atoms with Gasteiger partial charge in [-0.25, -0.2) is 9.55 Å². The number of amides is 4. The molecule has 2 aromatic rings. The van der Waals surface area contributed by atoms with Gasteiger partial charge in [0.2, 0.25) is 23.6 Å². The number of Topliss-reactive ketones (excluding diaryl/α,β-unsaturated/α-hetero) is 2. The number of ketones is 2. The Morgan fingerprint density at radius 3 is 2.31 bits per heavy atom. The number of nitrogens with two attached hydrogens (primary N) is 1. The first-order valence-corrected chi connectivity index (χ1v) is 21.5. The van der Waals surface area contributed by atoms with Gasteiger partial charge in [0.1, 0.15) is 12.1 Å². The minimum atomic E-state index is -4.66. The molecule has 1 aliphatic heterocycles. The monoisotopic (exact) mass is 832 g/mol. The summed E-state index contributed by atoms with van der Waals surface area (Å²) in [6, 6.07) is 6.82. The lowest BCUT2D eigenvalue weighted by molar-refractivity contribution is -0.138. The van der Waals surface area contributed by atoms with E-state index < -0.39 is 86.2 Å². The molecule has 0 spiro atoms. The molecule has 0 saturated carbocycles. The van der Waals surface area contributed by atoms with Crippen LogP contribution in [0.2, 0.25) is 0 Å². The maximum absolute atomic E-state index is 13.8. The maximum Gasteiger partial charge on any atom is 0.472 e. The van der Waals surface area contributed by atoms with Crippen molar-refractivity contribution < 1.29 is 52.4 Å². The number of carbonyl (C=O) groups is 6. The van der Waals surface area contributed by atoms with Crippen molar-refractivity contribution in [3.05, 3.63) is 54.1 Å². The van der Waals surface area contributed by atoms with Crippen LogP contribution in [0.15, 0.2) is 42.9 Å². The zero-order chi connectivity index (χ0) is 42.8. The van der Waals surface area contributed by atoms with Gasteiger partial charge in [-0.1, -0.05) is 57.0 Å². The van der Waals surface area contributed by atoms with Gasteiger partial charge in [-0.3, -0.25) is 37.8 Å². The summed E-state index contributed by atoms with van der Waals surface area (Å²) in [5.41, 5.74) is 7.30. The summed E-state index contributed by atoms with van der Waals surface area (Å²) in [6.07, 6.45) is 5.86. The van der Waals surface area contributed by atoms with Crippen molar-refractivity contribution in [3.63, 3.8) is 0 Å². The summed E-state index contributed by atoms with van der Waals surface area (Å²) in [5, 5.41) is 15.5. The first kappa shape index (κ1) is 48.1. The molecular weight excluding hydrogens is 771 g/mol. The molecule has 0 aliphatic carbocycles. The van der Waals surface area contributed by atoms with Gasteiger partial charge in [0.25, 0.3) is 0 Å². The normalized spacial score (nSPS) is 17.8. The van der Waals surface area contributed by atoms with Crippen molar-refractivity contribution >= 4 is 43.0 Å². The zero-order valence-electron chi connectivity index (χ0n) is 34.0. The Morgan fingerprint density at radius 1 is 1.00 bits per heavy atom. The molecule has 322 valence electrons. The van der Waals surface area contributed by atoms with E-state index >= 15 is 0 Å². The van der Waals surface area contributed by atoms with Gasteiger partial charge in [0.15, 0.2) is 11.6 Å². The molecule has 1 aromatic heterocycles. The third-order valence-electron chi connectivity index (χ3n) is 10.2. The third kappa shape index (κ3) is 16.2. The molecule has 18 heteroatoms. The van der Waals surface area contributed by atoms with Crippen LogP contribution in [0.1, 0.15) is 96.7 Å². The molecule has 0 bridgehead atoms. The highest BCUT2D eigenvalue weighted by atomic mass is 31.2. The Bertz CT molecular complexity index is 1690. The molecule has 4 amide bonds. The maximum atomic E-state index is 13.8. The lowest BCUT2D eigenvalue weighted by Gasteiger charge is -2.27. The summed E-state index contributed by atoms with van der Waals surface area (Å²) in [7, 11) is -4.66. The van der Waals surface area contributed by atoms with Crippen molar-refractivity contribution in [2.24, 2.45) is 23.5 Å². The molecule has 1 aliphatic rings. The van der Waals surface area contributed by atoms with Crippen molar-refractivity contribution in [2.75, 3.05) is 19.8 Å². The second kappa shape index (κ2) is 24.0. The van der Waals surface area contributed by atoms with E-state index in [9.17, 15) is 43.3 Å². The largest absolute Gasteiger partial charge is 0.472 e. The number of H-pyrrole nitrogens is 1. The SMILES string of the molecule is CC(=O)N1CCC[C@H]1C(=O)N[C@@H](CC(C)C)C(=O)C[C@@H](Cc1cnc[nH]1)C(=O)N[C@@H](CO)C(=O)C[C@H](C(N)=O)[C@@H](C)OP(=O)(O)OCCCCCCc1ccccc1. The summed E-state index contributed by atoms with van der Waals surface area (Å²) >= 11 is 0. The fraction of sp³-hybridized carbons (Fsp3) is 0.625. The van der Waals surface area contributed by atoms with Crippen LogP contribution >= 0.6 is 7.82 Å². The average Bonchev–Trinajstić information content (AvgIpc) is 3.88. The number of phosphoric ester groups is 1. The second-order valence-corrected chi connectivity index (χ2v) is 16.8. The second-order valence-electron chi connectivity index (χ2n) is 15.4. The first-order valence-electron chi connectivity index (χ1n) is 20.0. The predicted molar refractivity (Wildman–Crippen MR) is 213 cm³/mol. The first-order chi connectivity index (χ1) is 27.5. The number of aliphatic hydroxyl groups is 1. The van der Waals surface area contributed by atoms with Crippen LogP contribution in [-0.4, -0.2) is 104 Å².